The Morgan fingerprint density at radius 3 is 2.57 bits per heavy atom. The lowest BCUT2D eigenvalue weighted by atomic mass is 10.1. The van der Waals surface area contributed by atoms with E-state index >= 15 is 0 Å². The Morgan fingerprint density at radius 2 is 2.00 bits per heavy atom. The zero-order valence-electron chi connectivity index (χ0n) is 13.2. The molecule has 8 heteroatoms. The van der Waals surface area contributed by atoms with Crippen molar-refractivity contribution in [1.82, 2.24) is 4.31 Å². The molecule has 0 spiro atoms. The zero-order chi connectivity index (χ0) is 16.1. The van der Waals surface area contributed by atoms with E-state index < -0.39 is 10.0 Å². The van der Waals surface area contributed by atoms with Gasteiger partial charge in [0.1, 0.15) is 0 Å². The van der Waals surface area contributed by atoms with Crippen LogP contribution in [0, 0.1) is 5.92 Å². The molecule has 2 N–H and O–H groups in total. The molecule has 1 aromatic carbocycles. The summed E-state index contributed by atoms with van der Waals surface area (Å²) in [6, 6.07) is 4.93. The molecule has 0 saturated carbocycles. The SMILES string of the molecule is CC(=O)N1CCc2ccc(S(=O)(=O)N3CC(C)C(N)C3)cc21.Cl. The third kappa shape index (κ3) is 3.10. The molecule has 0 bridgehead atoms. The molecule has 1 fully saturated rings. The number of anilines is 1. The Bertz CT molecular complexity index is 713. The summed E-state index contributed by atoms with van der Waals surface area (Å²) in [6.45, 7) is 4.85. The Morgan fingerprint density at radius 1 is 1.30 bits per heavy atom. The number of hydrogen-bond acceptors (Lipinski definition) is 4. The van der Waals surface area contributed by atoms with Gasteiger partial charge in [0.05, 0.1) is 4.90 Å². The first-order valence-corrected chi connectivity index (χ1v) is 8.91. The van der Waals surface area contributed by atoms with Crippen LogP contribution in [0.2, 0.25) is 0 Å². The minimum Gasteiger partial charge on any atom is -0.326 e. The molecule has 0 aliphatic carbocycles. The molecule has 2 atom stereocenters. The lowest BCUT2D eigenvalue weighted by Crippen LogP contribution is -2.32. The van der Waals surface area contributed by atoms with Crippen LogP contribution in [0.25, 0.3) is 0 Å². The Hall–Kier alpha value is -1.15. The highest BCUT2D eigenvalue weighted by Crippen LogP contribution is 2.32. The number of carbonyl (C=O) groups is 1. The highest BCUT2D eigenvalue weighted by molar-refractivity contribution is 7.89. The summed E-state index contributed by atoms with van der Waals surface area (Å²) >= 11 is 0. The molecular formula is C15H22ClN3O3S. The van der Waals surface area contributed by atoms with Gasteiger partial charge in [0, 0.05) is 38.3 Å². The van der Waals surface area contributed by atoms with Gasteiger partial charge in [-0.15, -0.1) is 12.4 Å². The summed E-state index contributed by atoms with van der Waals surface area (Å²) in [5, 5.41) is 0. The van der Waals surface area contributed by atoms with Gasteiger partial charge in [0.2, 0.25) is 15.9 Å². The second kappa shape index (κ2) is 6.39. The molecule has 128 valence electrons. The van der Waals surface area contributed by atoms with E-state index in [4.69, 9.17) is 5.73 Å². The summed E-state index contributed by atoms with van der Waals surface area (Å²) in [5.41, 5.74) is 7.66. The van der Waals surface area contributed by atoms with Crippen molar-refractivity contribution in [2.75, 3.05) is 24.5 Å². The number of halogens is 1. The highest BCUT2D eigenvalue weighted by atomic mass is 35.5. The Kier molecular flexibility index (Phi) is 5.06. The molecule has 6 nitrogen and oxygen atoms in total. The van der Waals surface area contributed by atoms with Gasteiger partial charge < -0.3 is 10.6 Å². The van der Waals surface area contributed by atoms with Crippen molar-refractivity contribution in [3.8, 4) is 0 Å². The van der Waals surface area contributed by atoms with E-state index in [0.717, 1.165) is 12.0 Å². The monoisotopic (exact) mass is 359 g/mol. The predicted octanol–water partition coefficient (Wildman–Crippen LogP) is 0.985. The van der Waals surface area contributed by atoms with Crippen molar-refractivity contribution in [1.29, 1.82) is 0 Å². The van der Waals surface area contributed by atoms with Gasteiger partial charge in [-0.2, -0.15) is 4.31 Å². The molecule has 1 amide bonds. The van der Waals surface area contributed by atoms with Crippen LogP contribution in [-0.2, 0) is 21.2 Å². The van der Waals surface area contributed by atoms with E-state index in [2.05, 4.69) is 0 Å². The molecule has 2 aliphatic rings. The number of nitrogens with zero attached hydrogens (tertiary/aromatic N) is 2. The smallest absolute Gasteiger partial charge is 0.243 e. The average Bonchev–Trinajstić information content (AvgIpc) is 3.02. The first-order valence-electron chi connectivity index (χ1n) is 7.47. The number of amides is 1. The maximum absolute atomic E-state index is 12.8. The fourth-order valence-corrected chi connectivity index (χ4v) is 4.74. The van der Waals surface area contributed by atoms with Gasteiger partial charge in [0.15, 0.2) is 0 Å². The fourth-order valence-electron chi connectivity index (χ4n) is 3.14. The number of nitrogens with two attached hydrogens (primary N) is 1. The average molecular weight is 360 g/mol. The van der Waals surface area contributed by atoms with E-state index in [-0.39, 0.29) is 35.2 Å². The van der Waals surface area contributed by atoms with Crippen LogP contribution in [0.4, 0.5) is 5.69 Å². The molecule has 1 saturated heterocycles. The minimum absolute atomic E-state index is 0. The summed E-state index contributed by atoms with van der Waals surface area (Å²) < 4.78 is 27.0. The van der Waals surface area contributed by atoms with Crippen molar-refractivity contribution in [2.24, 2.45) is 11.7 Å². The van der Waals surface area contributed by atoms with Gasteiger partial charge in [-0.3, -0.25) is 4.79 Å². The second-order valence-electron chi connectivity index (χ2n) is 6.17. The minimum atomic E-state index is -3.56. The van der Waals surface area contributed by atoms with Crippen molar-refractivity contribution in [3.63, 3.8) is 0 Å². The van der Waals surface area contributed by atoms with Gasteiger partial charge in [-0.1, -0.05) is 13.0 Å². The standard InChI is InChI=1S/C15H21N3O3S.ClH/c1-10-8-17(9-14(10)16)22(20,21)13-4-3-12-5-6-18(11(2)19)15(12)7-13;/h3-4,7,10,14H,5-6,8-9,16H2,1-2H3;1H. The maximum atomic E-state index is 12.8. The summed E-state index contributed by atoms with van der Waals surface area (Å²) in [7, 11) is -3.56. The number of sulfonamides is 1. The fraction of sp³-hybridized carbons (Fsp3) is 0.533. The van der Waals surface area contributed by atoms with Crippen molar-refractivity contribution in [2.45, 2.75) is 31.2 Å². The maximum Gasteiger partial charge on any atom is 0.243 e. The van der Waals surface area contributed by atoms with Gasteiger partial charge in [-0.05, 0) is 30.0 Å². The van der Waals surface area contributed by atoms with Crippen LogP contribution >= 0.6 is 12.4 Å². The molecule has 2 heterocycles. The predicted molar refractivity (Wildman–Crippen MR) is 91.3 cm³/mol. The number of hydrogen-bond donors (Lipinski definition) is 1. The Labute approximate surface area is 143 Å². The third-order valence-corrected chi connectivity index (χ3v) is 6.43. The molecule has 2 aliphatic heterocycles. The van der Waals surface area contributed by atoms with E-state index in [0.29, 0.717) is 25.3 Å². The first kappa shape index (κ1) is 18.2. The Balaban J connectivity index is 0.00000192. The van der Waals surface area contributed by atoms with Crippen LogP contribution in [-0.4, -0.2) is 44.3 Å². The van der Waals surface area contributed by atoms with Gasteiger partial charge in [0.25, 0.3) is 0 Å². The molecule has 2 unspecified atom stereocenters. The molecule has 23 heavy (non-hydrogen) atoms. The summed E-state index contributed by atoms with van der Waals surface area (Å²) in [6.07, 6.45) is 0.765. The first-order chi connectivity index (χ1) is 10.3. The van der Waals surface area contributed by atoms with E-state index in [9.17, 15) is 13.2 Å². The normalized spacial score (nSPS) is 24.4. The molecule has 0 aromatic heterocycles. The lowest BCUT2D eigenvalue weighted by Gasteiger charge is -2.19. The quantitative estimate of drug-likeness (QED) is 0.853. The molecule has 3 rings (SSSR count). The summed E-state index contributed by atoms with van der Waals surface area (Å²) in [4.78, 5) is 13.5. The zero-order valence-corrected chi connectivity index (χ0v) is 14.9. The molecular weight excluding hydrogens is 338 g/mol. The van der Waals surface area contributed by atoms with Crippen LogP contribution in [0.15, 0.2) is 23.1 Å². The highest BCUT2D eigenvalue weighted by Gasteiger charge is 2.36. The van der Waals surface area contributed by atoms with Crippen LogP contribution in [0.1, 0.15) is 19.4 Å². The van der Waals surface area contributed by atoms with Crippen molar-refractivity contribution < 1.29 is 13.2 Å². The number of fused-ring (bicyclic) bond motifs is 1. The van der Waals surface area contributed by atoms with E-state index in [1.165, 1.54) is 11.2 Å². The second-order valence-corrected chi connectivity index (χ2v) is 8.11. The molecule has 0 radical (unpaired) electrons. The number of benzene rings is 1. The van der Waals surface area contributed by atoms with Crippen LogP contribution in [0.3, 0.4) is 0 Å². The number of carbonyl (C=O) groups excluding carboxylic acids is 1. The summed E-state index contributed by atoms with van der Waals surface area (Å²) in [5.74, 6) is 0.0861. The molecule has 1 aromatic rings. The number of rotatable bonds is 2. The van der Waals surface area contributed by atoms with Crippen LogP contribution in [0.5, 0.6) is 0 Å². The lowest BCUT2D eigenvalue weighted by molar-refractivity contribution is -0.116. The van der Waals surface area contributed by atoms with Gasteiger partial charge in [-0.25, -0.2) is 8.42 Å². The van der Waals surface area contributed by atoms with Crippen molar-refractivity contribution in [3.05, 3.63) is 23.8 Å². The third-order valence-electron chi connectivity index (χ3n) is 4.61. The largest absolute Gasteiger partial charge is 0.326 e. The van der Waals surface area contributed by atoms with E-state index in [1.54, 1.807) is 17.0 Å². The van der Waals surface area contributed by atoms with Gasteiger partial charge >= 0.3 is 0 Å². The topological polar surface area (TPSA) is 83.7 Å². The van der Waals surface area contributed by atoms with Crippen LogP contribution < -0.4 is 10.6 Å². The van der Waals surface area contributed by atoms with Crippen molar-refractivity contribution >= 4 is 34.0 Å². The van der Waals surface area contributed by atoms with E-state index in [1.807, 2.05) is 13.0 Å².